The van der Waals surface area contributed by atoms with Gasteiger partial charge in [-0.3, -0.25) is 9.69 Å². The highest BCUT2D eigenvalue weighted by Crippen LogP contribution is 2.42. The standard InChI is InChI=1S/C15H22N2O/c1-3-12-7-5-9-17(2)15(12,11-16)13-6-4-8-14(18)10-13/h7,13H,3-6,8-10H2,1-2H3. The first-order chi connectivity index (χ1) is 8.65. The van der Waals surface area contributed by atoms with Crippen molar-refractivity contribution in [2.45, 2.75) is 51.0 Å². The Balaban J connectivity index is 2.38. The molecule has 1 heterocycles. The third-order valence-electron chi connectivity index (χ3n) is 4.57. The molecule has 0 radical (unpaired) electrons. The van der Waals surface area contributed by atoms with Crippen molar-refractivity contribution in [3.05, 3.63) is 11.6 Å². The van der Waals surface area contributed by atoms with Crippen LogP contribution in [0.3, 0.4) is 0 Å². The molecule has 3 heteroatoms. The zero-order valence-electron chi connectivity index (χ0n) is 11.4. The van der Waals surface area contributed by atoms with Crippen LogP contribution in [0.2, 0.25) is 0 Å². The van der Waals surface area contributed by atoms with Gasteiger partial charge in [-0.2, -0.15) is 5.26 Å². The van der Waals surface area contributed by atoms with Crippen LogP contribution in [0.25, 0.3) is 0 Å². The Bertz CT molecular complexity index is 407. The van der Waals surface area contributed by atoms with Gasteiger partial charge in [-0.25, -0.2) is 0 Å². The van der Waals surface area contributed by atoms with E-state index in [0.717, 1.165) is 32.2 Å². The van der Waals surface area contributed by atoms with Gasteiger partial charge in [-0.05, 0) is 38.3 Å². The molecule has 0 bridgehead atoms. The molecule has 2 rings (SSSR count). The van der Waals surface area contributed by atoms with E-state index in [4.69, 9.17) is 0 Å². The Kier molecular flexibility index (Phi) is 3.87. The van der Waals surface area contributed by atoms with Crippen LogP contribution in [-0.4, -0.2) is 29.8 Å². The fraction of sp³-hybridized carbons (Fsp3) is 0.733. The summed E-state index contributed by atoms with van der Waals surface area (Å²) in [5.41, 5.74) is 0.696. The Hall–Kier alpha value is -1.14. The lowest BCUT2D eigenvalue weighted by molar-refractivity contribution is -0.122. The van der Waals surface area contributed by atoms with Gasteiger partial charge in [0.05, 0.1) is 6.07 Å². The summed E-state index contributed by atoms with van der Waals surface area (Å²) in [4.78, 5) is 13.9. The van der Waals surface area contributed by atoms with Crippen LogP contribution in [0.15, 0.2) is 11.6 Å². The zero-order valence-corrected chi connectivity index (χ0v) is 11.4. The first kappa shape index (κ1) is 13.3. The average molecular weight is 246 g/mol. The molecular weight excluding hydrogens is 224 g/mol. The van der Waals surface area contributed by atoms with E-state index in [1.165, 1.54) is 5.57 Å². The van der Waals surface area contributed by atoms with Crippen LogP contribution in [0, 0.1) is 17.2 Å². The highest BCUT2D eigenvalue weighted by Gasteiger charge is 2.47. The number of nitrogens with zero attached hydrogens (tertiary/aromatic N) is 2. The molecule has 0 N–H and O–H groups in total. The van der Waals surface area contributed by atoms with E-state index in [0.29, 0.717) is 18.6 Å². The molecular formula is C15H22N2O. The van der Waals surface area contributed by atoms with Crippen LogP contribution >= 0.6 is 0 Å². The topological polar surface area (TPSA) is 44.1 Å². The summed E-state index contributed by atoms with van der Waals surface area (Å²) in [6.07, 6.45) is 7.37. The molecule has 2 atom stereocenters. The number of carbonyl (C=O) groups is 1. The monoisotopic (exact) mass is 246 g/mol. The fourth-order valence-corrected chi connectivity index (χ4v) is 3.63. The summed E-state index contributed by atoms with van der Waals surface area (Å²) in [5.74, 6) is 0.510. The summed E-state index contributed by atoms with van der Waals surface area (Å²) in [5, 5.41) is 9.81. The molecule has 1 aliphatic heterocycles. The van der Waals surface area contributed by atoms with E-state index in [1.807, 2.05) is 7.05 Å². The van der Waals surface area contributed by atoms with Crippen molar-refractivity contribution in [3.63, 3.8) is 0 Å². The third kappa shape index (κ3) is 1.99. The molecule has 1 fully saturated rings. The first-order valence-corrected chi connectivity index (χ1v) is 6.98. The summed E-state index contributed by atoms with van der Waals surface area (Å²) < 4.78 is 0. The van der Waals surface area contributed by atoms with Crippen molar-refractivity contribution < 1.29 is 4.79 Å². The maximum atomic E-state index is 11.7. The maximum absolute atomic E-state index is 11.7. The number of Topliss-reactive ketones (excluding diaryl/α,β-unsaturated/α-hetero) is 1. The van der Waals surface area contributed by atoms with Gasteiger partial charge < -0.3 is 0 Å². The van der Waals surface area contributed by atoms with Gasteiger partial charge in [-0.1, -0.05) is 13.0 Å². The largest absolute Gasteiger partial charge is 0.300 e. The molecule has 98 valence electrons. The second-order valence-electron chi connectivity index (χ2n) is 5.50. The molecule has 0 spiro atoms. The lowest BCUT2D eigenvalue weighted by atomic mass is 9.68. The molecule has 0 amide bonds. The molecule has 18 heavy (non-hydrogen) atoms. The average Bonchev–Trinajstić information content (AvgIpc) is 2.38. The van der Waals surface area contributed by atoms with Gasteiger partial charge in [0, 0.05) is 25.3 Å². The SMILES string of the molecule is CCC1=CCCN(C)C1(C#N)C1CCCC(=O)C1. The van der Waals surface area contributed by atoms with Gasteiger partial charge in [0.2, 0.25) is 0 Å². The predicted octanol–water partition coefficient (Wildman–Crippen LogP) is 2.68. The molecule has 1 aliphatic carbocycles. The lowest BCUT2D eigenvalue weighted by Crippen LogP contribution is -2.55. The fourth-order valence-electron chi connectivity index (χ4n) is 3.63. The predicted molar refractivity (Wildman–Crippen MR) is 70.9 cm³/mol. The quantitative estimate of drug-likeness (QED) is 0.704. The van der Waals surface area contributed by atoms with Gasteiger partial charge in [0.25, 0.3) is 0 Å². The normalized spacial score (nSPS) is 33.9. The molecule has 2 unspecified atom stereocenters. The highest BCUT2D eigenvalue weighted by molar-refractivity contribution is 5.79. The molecule has 0 aromatic heterocycles. The molecule has 0 aromatic carbocycles. The number of rotatable bonds is 2. The Labute approximate surface area is 109 Å². The number of nitriles is 1. The van der Waals surface area contributed by atoms with E-state index in [1.54, 1.807) is 0 Å². The molecule has 0 saturated heterocycles. The third-order valence-corrected chi connectivity index (χ3v) is 4.57. The maximum Gasteiger partial charge on any atom is 0.133 e. The second-order valence-corrected chi connectivity index (χ2v) is 5.50. The Morgan fingerprint density at radius 2 is 2.39 bits per heavy atom. The van der Waals surface area contributed by atoms with Crippen molar-refractivity contribution in [2.24, 2.45) is 5.92 Å². The minimum atomic E-state index is -0.525. The second kappa shape index (κ2) is 5.24. The summed E-state index contributed by atoms with van der Waals surface area (Å²) in [7, 11) is 2.03. The van der Waals surface area contributed by atoms with Gasteiger partial charge in [0.15, 0.2) is 0 Å². The lowest BCUT2D eigenvalue weighted by Gasteiger charge is -2.47. The van der Waals surface area contributed by atoms with Crippen LogP contribution in [0.5, 0.6) is 0 Å². The van der Waals surface area contributed by atoms with Crippen molar-refractivity contribution >= 4 is 5.78 Å². The Morgan fingerprint density at radius 3 is 3.00 bits per heavy atom. The van der Waals surface area contributed by atoms with Gasteiger partial charge in [-0.15, -0.1) is 0 Å². The molecule has 3 nitrogen and oxygen atoms in total. The molecule has 2 aliphatic rings. The number of likely N-dealkylation sites (N-methyl/N-ethyl adjacent to an activating group) is 1. The molecule has 0 aromatic rings. The molecule has 1 saturated carbocycles. The van der Waals surface area contributed by atoms with E-state index in [2.05, 4.69) is 24.0 Å². The summed E-state index contributed by atoms with van der Waals surface area (Å²) in [6.45, 7) is 3.03. The van der Waals surface area contributed by atoms with Crippen LogP contribution in [0.1, 0.15) is 45.4 Å². The van der Waals surface area contributed by atoms with Crippen molar-refractivity contribution in [1.82, 2.24) is 4.90 Å². The highest BCUT2D eigenvalue weighted by atomic mass is 16.1. The van der Waals surface area contributed by atoms with Crippen molar-refractivity contribution in [1.29, 1.82) is 5.26 Å². The van der Waals surface area contributed by atoms with E-state index in [9.17, 15) is 10.1 Å². The summed E-state index contributed by atoms with van der Waals surface area (Å²) in [6, 6.07) is 2.56. The number of hydrogen-bond acceptors (Lipinski definition) is 3. The zero-order chi connectivity index (χ0) is 13.2. The smallest absolute Gasteiger partial charge is 0.133 e. The first-order valence-electron chi connectivity index (χ1n) is 6.98. The van der Waals surface area contributed by atoms with E-state index >= 15 is 0 Å². The van der Waals surface area contributed by atoms with Gasteiger partial charge >= 0.3 is 0 Å². The van der Waals surface area contributed by atoms with Gasteiger partial charge in [0.1, 0.15) is 11.3 Å². The minimum Gasteiger partial charge on any atom is -0.300 e. The summed E-state index contributed by atoms with van der Waals surface area (Å²) >= 11 is 0. The van der Waals surface area contributed by atoms with E-state index < -0.39 is 5.54 Å². The number of carbonyl (C=O) groups excluding carboxylic acids is 1. The van der Waals surface area contributed by atoms with Crippen LogP contribution < -0.4 is 0 Å². The number of hydrogen-bond donors (Lipinski definition) is 0. The van der Waals surface area contributed by atoms with E-state index in [-0.39, 0.29) is 5.92 Å². The number of ketones is 1. The minimum absolute atomic E-state index is 0.181. The Morgan fingerprint density at radius 1 is 1.61 bits per heavy atom. The van der Waals surface area contributed by atoms with Crippen molar-refractivity contribution in [3.8, 4) is 6.07 Å². The van der Waals surface area contributed by atoms with Crippen LogP contribution in [0.4, 0.5) is 0 Å². The van der Waals surface area contributed by atoms with Crippen molar-refractivity contribution in [2.75, 3.05) is 13.6 Å². The van der Waals surface area contributed by atoms with Crippen LogP contribution in [-0.2, 0) is 4.79 Å².